The lowest BCUT2D eigenvalue weighted by Crippen LogP contribution is -2.30. The van der Waals surface area contributed by atoms with Crippen molar-refractivity contribution in [2.75, 3.05) is 17.3 Å². The fourth-order valence-corrected chi connectivity index (χ4v) is 3.23. The number of carbonyl (C=O) groups excluding carboxylic acids is 2. The van der Waals surface area contributed by atoms with Gasteiger partial charge < -0.3 is 16.0 Å². The van der Waals surface area contributed by atoms with Gasteiger partial charge in [0.15, 0.2) is 0 Å². The molecule has 1 aliphatic heterocycles. The number of carbonyl (C=O) groups is 2. The molecule has 0 aliphatic carbocycles. The third-order valence-corrected chi connectivity index (χ3v) is 4.81. The van der Waals surface area contributed by atoms with Gasteiger partial charge in [0.2, 0.25) is 5.91 Å². The number of hydrogen-bond acceptors (Lipinski definition) is 5. The summed E-state index contributed by atoms with van der Waals surface area (Å²) in [7, 11) is 1.83. The number of rotatable bonds is 6. The molecule has 28 heavy (non-hydrogen) atoms. The van der Waals surface area contributed by atoms with Gasteiger partial charge in [-0.1, -0.05) is 19.1 Å². The maximum absolute atomic E-state index is 12.5. The summed E-state index contributed by atoms with van der Waals surface area (Å²) in [6.45, 7) is 1.97. The van der Waals surface area contributed by atoms with Crippen LogP contribution in [-0.2, 0) is 4.79 Å². The molecule has 3 N–H and O–H groups in total. The first kappa shape index (κ1) is 19.1. The van der Waals surface area contributed by atoms with Crippen LogP contribution in [0.1, 0.15) is 29.3 Å². The summed E-state index contributed by atoms with van der Waals surface area (Å²) >= 11 is 0. The van der Waals surface area contributed by atoms with Crippen molar-refractivity contribution in [3.63, 3.8) is 0 Å². The third-order valence-electron chi connectivity index (χ3n) is 4.81. The number of amides is 2. The zero-order valence-corrected chi connectivity index (χ0v) is 15.5. The van der Waals surface area contributed by atoms with Crippen molar-refractivity contribution in [1.29, 1.82) is 0 Å². The van der Waals surface area contributed by atoms with E-state index < -0.39 is 10.8 Å². The Labute approximate surface area is 161 Å². The summed E-state index contributed by atoms with van der Waals surface area (Å²) in [6, 6.07) is 11.0. The first-order valence-corrected chi connectivity index (χ1v) is 8.76. The minimum Gasteiger partial charge on any atom is -0.368 e. The summed E-state index contributed by atoms with van der Waals surface area (Å²) in [6.07, 6.45) is 2.52. The van der Waals surface area contributed by atoms with E-state index in [-0.39, 0.29) is 17.6 Å². The predicted octanol–water partition coefficient (Wildman–Crippen LogP) is 2.94. The Morgan fingerprint density at radius 2 is 2.07 bits per heavy atom. The Hall–Kier alpha value is -3.68. The van der Waals surface area contributed by atoms with Crippen molar-refractivity contribution < 1.29 is 14.5 Å². The number of nitrogens with two attached hydrogens (primary N) is 1. The van der Waals surface area contributed by atoms with Gasteiger partial charge in [0.1, 0.15) is 0 Å². The molecule has 144 valence electrons. The Morgan fingerprint density at radius 1 is 1.32 bits per heavy atom. The minimum atomic E-state index is -0.564. The number of nitrogens with one attached hydrogen (secondary N) is 1. The molecule has 1 unspecified atom stereocenters. The van der Waals surface area contributed by atoms with Gasteiger partial charge in [-0.15, -0.1) is 0 Å². The van der Waals surface area contributed by atoms with E-state index in [0.717, 1.165) is 0 Å². The monoisotopic (exact) mass is 380 g/mol. The highest BCUT2D eigenvalue weighted by Gasteiger charge is 2.26. The summed E-state index contributed by atoms with van der Waals surface area (Å²) in [5.74, 6) is -0.825. The number of nitro groups is 1. The minimum absolute atomic E-state index is 0.00907. The van der Waals surface area contributed by atoms with Crippen molar-refractivity contribution >= 4 is 34.4 Å². The van der Waals surface area contributed by atoms with Crippen molar-refractivity contribution in [2.45, 2.75) is 19.4 Å². The van der Waals surface area contributed by atoms with E-state index in [2.05, 4.69) is 5.32 Å². The van der Waals surface area contributed by atoms with Crippen LogP contribution in [0.3, 0.4) is 0 Å². The average Bonchev–Trinajstić information content (AvgIpc) is 2.99. The molecular formula is C20H20N4O4. The quantitative estimate of drug-likeness (QED) is 0.454. The molecule has 0 radical (unpaired) electrons. The highest BCUT2D eigenvalue weighted by atomic mass is 16.6. The molecule has 0 fully saturated rings. The van der Waals surface area contributed by atoms with Crippen molar-refractivity contribution in [2.24, 2.45) is 5.73 Å². The van der Waals surface area contributed by atoms with E-state index in [9.17, 15) is 19.7 Å². The van der Waals surface area contributed by atoms with Gasteiger partial charge in [-0.2, -0.15) is 0 Å². The second-order valence-corrected chi connectivity index (χ2v) is 6.52. The highest BCUT2D eigenvalue weighted by Crippen LogP contribution is 2.34. The molecule has 0 saturated heterocycles. The molecule has 1 aliphatic rings. The van der Waals surface area contributed by atoms with Crippen LogP contribution in [0, 0.1) is 10.1 Å². The summed E-state index contributed by atoms with van der Waals surface area (Å²) < 4.78 is 0. The Bertz CT molecular complexity index is 999. The van der Waals surface area contributed by atoms with Crippen LogP contribution in [-0.4, -0.2) is 29.8 Å². The van der Waals surface area contributed by atoms with Crippen LogP contribution in [0.2, 0.25) is 0 Å². The number of nitro benzene ring substituents is 1. The molecule has 3 rings (SSSR count). The predicted molar refractivity (Wildman–Crippen MR) is 107 cm³/mol. The van der Waals surface area contributed by atoms with Crippen molar-refractivity contribution in [3.8, 4) is 0 Å². The van der Waals surface area contributed by atoms with Crippen LogP contribution >= 0.6 is 0 Å². The molecule has 1 heterocycles. The van der Waals surface area contributed by atoms with Gasteiger partial charge in [-0.25, -0.2) is 0 Å². The van der Waals surface area contributed by atoms with Crippen molar-refractivity contribution in [3.05, 3.63) is 69.8 Å². The molecule has 2 aromatic rings. The number of hydrogen-bond donors (Lipinski definition) is 2. The van der Waals surface area contributed by atoms with Crippen LogP contribution < -0.4 is 16.0 Å². The first-order valence-electron chi connectivity index (χ1n) is 8.76. The highest BCUT2D eigenvalue weighted by molar-refractivity contribution is 6.31. The largest absolute Gasteiger partial charge is 0.368 e. The molecule has 8 nitrogen and oxygen atoms in total. The molecule has 0 bridgehead atoms. The zero-order chi connectivity index (χ0) is 20.4. The van der Waals surface area contributed by atoms with Gasteiger partial charge in [0, 0.05) is 53.3 Å². The summed E-state index contributed by atoms with van der Waals surface area (Å²) in [4.78, 5) is 36.3. The maximum atomic E-state index is 12.5. The van der Waals surface area contributed by atoms with E-state index in [4.69, 9.17) is 5.73 Å². The normalized spacial score (nSPS) is 15.1. The summed E-state index contributed by atoms with van der Waals surface area (Å²) in [5, 5.41) is 13.8. The van der Waals surface area contributed by atoms with E-state index in [1.807, 2.05) is 24.9 Å². The number of fused-ring (bicyclic) bond motifs is 1. The fraction of sp³-hybridized carbons (Fsp3) is 0.200. The second kappa shape index (κ2) is 7.51. The Kier molecular flexibility index (Phi) is 5.12. The van der Waals surface area contributed by atoms with Gasteiger partial charge in [0.05, 0.1) is 4.92 Å². The van der Waals surface area contributed by atoms with E-state index >= 15 is 0 Å². The molecule has 0 aromatic heterocycles. The number of non-ortho nitro benzene ring substituents is 1. The Balaban J connectivity index is 1.95. The zero-order valence-electron chi connectivity index (χ0n) is 15.5. The van der Waals surface area contributed by atoms with Crippen LogP contribution in [0.5, 0.6) is 0 Å². The van der Waals surface area contributed by atoms with Gasteiger partial charge in [-0.3, -0.25) is 19.7 Å². The number of nitrogens with zero attached hydrogens (tertiary/aromatic N) is 2. The number of likely N-dealkylation sites (N-methyl/N-ethyl adjacent to an activating group) is 1. The SMILES string of the molecule is CCC(C=C1C(=O)Nc2cc(C(N)=O)ccc21)N(C)c1cccc([N+](=O)[O-])c1. The second-order valence-electron chi connectivity index (χ2n) is 6.52. The lowest BCUT2D eigenvalue weighted by atomic mass is 10.0. The standard InChI is InChI=1S/C20H20N4O4/c1-3-13(23(2)14-5-4-6-15(10-14)24(27)28)11-17-16-8-7-12(19(21)25)9-18(16)22-20(17)26/h4-11,13H,3H2,1-2H3,(H2,21,25)(H,22,26). The van der Waals surface area contributed by atoms with Crippen LogP contribution in [0.4, 0.5) is 17.1 Å². The van der Waals surface area contributed by atoms with Gasteiger partial charge >= 0.3 is 0 Å². The molecular weight excluding hydrogens is 360 g/mol. The van der Waals surface area contributed by atoms with Crippen LogP contribution in [0.25, 0.3) is 5.57 Å². The molecule has 8 heteroatoms. The van der Waals surface area contributed by atoms with E-state index in [0.29, 0.717) is 34.5 Å². The number of anilines is 2. The fourth-order valence-electron chi connectivity index (χ4n) is 3.23. The third kappa shape index (κ3) is 3.57. The lowest BCUT2D eigenvalue weighted by molar-refractivity contribution is -0.384. The molecule has 1 atom stereocenters. The first-order chi connectivity index (χ1) is 13.3. The van der Waals surface area contributed by atoms with Gasteiger partial charge in [0.25, 0.3) is 11.6 Å². The van der Waals surface area contributed by atoms with Gasteiger partial charge in [-0.05, 0) is 30.7 Å². The average molecular weight is 380 g/mol. The smallest absolute Gasteiger partial charge is 0.271 e. The summed E-state index contributed by atoms with van der Waals surface area (Å²) in [5.41, 5.74) is 8.04. The lowest BCUT2D eigenvalue weighted by Gasteiger charge is -2.27. The van der Waals surface area contributed by atoms with Crippen LogP contribution in [0.15, 0.2) is 48.5 Å². The molecule has 2 amide bonds. The molecule has 2 aromatic carbocycles. The van der Waals surface area contributed by atoms with E-state index in [1.54, 1.807) is 30.3 Å². The maximum Gasteiger partial charge on any atom is 0.271 e. The molecule has 0 spiro atoms. The number of benzene rings is 2. The number of primary amides is 1. The van der Waals surface area contributed by atoms with E-state index in [1.165, 1.54) is 12.1 Å². The van der Waals surface area contributed by atoms with Crippen molar-refractivity contribution in [1.82, 2.24) is 0 Å². The Morgan fingerprint density at radius 3 is 2.71 bits per heavy atom. The molecule has 0 saturated carbocycles. The topological polar surface area (TPSA) is 119 Å².